The quantitative estimate of drug-likeness (QED) is 0.647. The first-order chi connectivity index (χ1) is 9.03. The lowest BCUT2D eigenvalue weighted by Gasteiger charge is -2.04. The van der Waals surface area contributed by atoms with Crippen molar-refractivity contribution >= 4 is 0 Å². The van der Waals surface area contributed by atoms with Crippen molar-refractivity contribution in [1.29, 1.82) is 0 Å². The first-order valence-corrected chi connectivity index (χ1v) is 6.10. The molecular formula is C11H17F3O5. The van der Waals surface area contributed by atoms with Crippen molar-refractivity contribution in [3.8, 4) is 0 Å². The maximum absolute atomic E-state index is 11.4. The Bertz CT molecular complexity index is 250. The SMILES string of the molecule is C(OCC1CO1)C1CO1.FC(F)(F)COCC1CO1. The Labute approximate surface area is 108 Å². The summed E-state index contributed by atoms with van der Waals surface area (Å²) in [5.74, 6) is 0. The van der Waals surface area contributed by atoms with Crippen LogP contribution >= 0.6 is 0 Å². The van der Waals surface area contributed by atoms with E-state index in [0.29, 0.717) is 18.8 Å². The number of epoxide rings is 3. The number of hydrogen-bond acceptors (Lipinski definition) is 5. The predicted octanol–water partition coefficient (Wildman–Crippen LogP) is 0.765. The Balaban J connectivity index is 0.000000141. The standard InChI is InChI=1S/C6H10O3.C5H7F3O2/c1(5-3-8-5)7-2-6-4-9-6;6-5(7,8)3-9-1-4-2-10-4/h5-6H,1-4H2;4H,1-3H2. The highest BCUT2D eigenvalue weighted by molar-refractivity contribution is 4.71. The molecule has 0 aliphatic carbocycles. The molecule has 3 heterocycles. The molecule has 3 fully saturated rings. The molecule has 8 heteroatoms. The van der Waals surface area contributed by atoms with Crippen LogP contribution < -0.4 is 0 Å². The van der Waals surface area contributed by atoms with Gasteiger partial charge in [-0.05, 0) is 0 Å². The molecule has 3 atom stereocenters. The van der Waals surface area contributed by atoms with Gasteiger partial charge in [0.15, 0.2) is 0 Å². The lowest BCUT2D eigenvalue weighted by Crippen LogP contribution is -2.18. The molecule has 0 radical (unpaired) electrons. The van der Waals surface area contributed by atoms with Crippen LogP contribution in [0.5, 0.6) is 0 Å². The molecule has 3 unspecified atom stereocenters. The summed E-state index contributed by atoms with van der Waals surface area (Å²) in [6.45, 7) is 2.67. The van der Waals surface area contributed by atoms with Gasteiger partial charge in [-0.25, -0.2) is 0 Å². The zero-order valence-electron chi connectivity index (χ0n) is 10.4. The fourth-order valence-electron chi connectivity index (χ4n) is 1.13. The Morgan fingerprint density at radius 2 is 1.16 bits per heavy atom. The van der Waals surface area contributed by atoms with E-state index < -0.39 is 12.8 Å². The average molecular weight is 286 g/mol. The first-order valence-electron chi connectivity index (χ1n) is 6.10. The van der Waals surface area contributed by atoms with E-state index in [-0.39, 0.29) is 12.7 Å². The van der Waals surface area contributed by atoms with E-state index in [1.807, 2.05) is 0 Å². The molecular weight excluding hydrogens is 269 g/mol. The Hall–Kier alpha value is -0.410. The number of rotatable bonds is 7. The Kier molecular flexibility index (Phi) is 5.40. The summed E-state index contributed by atoms with van der Waals surface area (Å²) in [4.78, 5) is 0. The van der Waals surface area contributed by atoms with Crippen LogP contribution in [0.25, 0.3) is 0 Å². The van der Waals surface area contributed by atoms with Crippen molar-refractivity contribution in [2.45, 2.75) is 24.5 Å². The van der Waals surface area contributed by atoms with E-state index in [0.717, 1.165) is 26.4 Å². The van der Waals surface area contributed by atoms with Crippen LogP contribution in [0.3, 0.4) is 0 Å². The fourth-order valence-corrected chi connectivity index (χ4v) is 1.13. The van der Waals surface area contributed by atoms with Crippen molar-refractivity contribution in [1.82, 2.24) is 0 Å². The van der Waals surface area contributed by atoms with E-state index >= 15 is 0 Å². The molecule has 0 spiro atoms. The van der Waals surface area contributed by atoms with Gasteiger partial charge < -0.3 is 23.7 Å². The van der Waals surface area contributed by atoms with Crippen molar-refractivity contribution in [3.63, 3.8) is 0 Å². The maximum Gasteiger partial charge on any atom is 0.411 e. The van der Waals surface area contributed by atoms with E-state index in [1.165, 1.54) is 0 Å². The molecule has 0 bridgehead atoms. The highest BCUT2D eigenvalue weighted by Gasteiger charge is 2.30. The number of hydrogen-bond donors (Lipinski definition) is 0. The van der Waals surface area contributed by atoms with Gasteiger partial charge in [0.1, 0.15) is 24.9 Å². The minimum Gasteiger partial charge on any atom is -0.376 e. The van der Waals surface area contributed by atoms with Gasteiger partial charge >= 0.3 is 6.18 Å². The lowest BCUT2D eigenvalue weighted by molar-refractivity contribution is -0.174. The average Bonchev–Trinajstić information content (AvgIpc) is 3.14. The van der Waals surface area contributed by atoms with E-state index in [1.54, 1.807) is 0 Å². The third kappa shape index (κ3) is 9.17. The van der Waals surface area contributed by atoms with Gasteiger partial charge in [0, 0.05) is 0 Å². The summed E-state index contributed by atoms with van der Waals surface area (Å²) in [7, 11) is 0. The monoisotopic (exact) mass is 286 g/mol. The summed E-state index contributed by atoms with van der Waals surface area (Å²) in [5.41, 5.74) is 0. The second-order valence-corrected chi connectivity index (χ2v) is 4.53. The van der Waals surface area contributed by atoms with E-state index in [9.17, 15) is 13.2 Å². The van der Waals surface area contributed by atoms with Crippen LogP contribution in [0.2, 0.25) is 0 Å². The molecule has 0 aromatic rings. The summed E-state index contributed by atoms with van der Waals surface area (Å²) >= 11 is 0. The summed E-state index contributed by atoms with van der Waals surface area (Å²) in [6.07, 6.45) is -3.52. The van der Waals surface area contributed by atoms with Crippen molar-refractivity contribution in [2.75, 3.05) is 46.2 Å². The predicted molar refractivity (Wildman–Crippen MR) is 56.9 cm³/mol. The van der Waals surface area contributed by atoms with Gasteiger partial charge in [-0.15, -0.1) is 0 Å². The van der Waals surface area contributed by atoms with E-state index in [2.05, 4.69) is 9.47 Å². The molecule has 5 nitrogen and oxygen atoms in total. The molecule has 112 valence electrons. The lowest BCUT2D eigenvalue weighted by atomic mass is 10.5. The Morgan fingerprint density at radius 3 is 1.47 bits per heavy atom. The topological polar surface area (TPSA) is 56.0 Å². The van der Waals surface area contributed by atoms with Gasteiger partial charge in [0.25, 0.3) is 0 Å². The van der Waals surface area contributed by atoms with Crippen molar-refractivity contribution in [3.05, 3.63) is 0 Å². The normalized spacial score (nSPS) is 31.4. The maximum atomic E-state index is 11.4. The van der Waals surface area contributed by atoms with Gasteiger partial charge in [0.05, 0.1) is 39.6 Å². The smallest absolute Gasteiger partial charge is 0.376 e. The summed E-state index contributed by atoms with van der Waals surface area (Å²) in [5, 5.41) is 0. The highest BCUT2D eigenvalue weighted by Crippen LogP contribution is 2.16. The number of alkyl halides is 3. The first kappa shape index (κ1) is 15.0. The van der Waals surface area contributed by atoms with Gasteiger partial charge in [-0.2, -0.15) is 13.2 Å². The minimum atomic E-state index is -4.21. The van der Waals surface area contributed by atoms with Crippen molar-refractivity contribution < 1.29 is 36.9 Å². The minimum absolute atomic E-state index is 0.0551. The van der Waals surface area contributed by atoms with E-state index in [4.69, 9.17) is 14.2 Å². The molecule has 0 aromatic heterocycles. The van der Waals surface area contributed by atoms with Gasteiger partial charge in [-0.3, -0.25) is 0 Å². The molecule has 3 aliphatic heterocycles. The molecule has 19 heavy (non-hydrogen) atoms. The molecule has 3 aliphatic rings. The van der Waals surface area contributed by atoms with Crippen LogP contribution in [-0.4, -0.2) is 70.7 Å². The zero-order chi connectivity index (χ0) is 13.7. The Morgan fingerprint density at radius 1 is 0.789 bits per heavy atom. The summed E-state index contributed by atoms with van der Waals surface area (Å²) in [6, 6.07) is 0. The second kappa shape index (κ2) is 6.85. The molecule has 0 aromatic carbocycles. The van der Waals surface area contributed by atoms with Crippen LogP contribution in [0.1, 0.15) is 0 Å². The van der Waals surface area contributed by atoms with Gasteiger partial charge in [0.2, 0.25) is 0 Å². The number of ether oxygens (including phenoxy) is 5. The third-order valence-electron chi connectivity index (χ3n) is 2.38. The molecule has 0 N–H and O–H groups in total. The zero-order valence-corrected chi connectivity index (χ0v) is 10.4. The number of halogens is 3. The highest BCUT2D eigenvalue weighted by atomic mass is 19.4. The molecule has 3 saturated heterocycles. The fraction of sp³-hybridized carbons (Fsp3) is 1.00. The molecule has 0 saturated carbocycles. The van der Waals surface area contributed by atoms with Crippen LogP contribution in [0.4, 0.5) is 13.2 Å². The largest absolute Gasteiger partial charge is 0.411 e. The second-order valence-electron chi connectivity index (χ2n) is 4.53. The van der Waals surface area contributed by atoms with Gasteiger partial charge in [-0.1, -0.05) is 0 Å². The van der Waals surface area contributed by atoms with Crippen molar-refractivity contribution in [2.24, 2.45) is 0 Å². The van der Waals surface area contributed by atoms with Crippen LogP contribution in [0.15, 0.2) is 0 Å². The van der Waals surface area contributed by atoms with Crippen LogP contribution in [0, 0.1) is 0 Å². The van der Waals surface area contributed by atoms with Crippen LogP contribution in [-0.2, 0) is 23.7 Å². The summed E-state index contributed by atoms with van der Waals surface area (Å²) < 4.78 is 58.1. The molecule has 3 rings (SSSR count). The molecule has 0 amide bonds. The third-order valence-corrected chi connectivity index (χ3v) is 2.38.